The maximum absolute atomic E-state index is 11.5. The zero-order valence-electron chi connectivity index (χ0n) is 46.3. The third-order valence-corrected chi connectivity index (χ3v) is 17.0. The van der Waals surface area contributed by atoms with Gasteiger partial charge in [0.1, 0.15) is 195 Å². The van der Waals surface area contributed by atoms with Gasteiger partial charge in [0.2, 0.25) is 0 Å². The van der Waals surface area contributed by atoms with Gasteiger partial charge in [0, 0.05) is 13.1 Å². The molecule has 30 aliphatic rings. The number of rotatable bonds is 8. The Kier molecular flexibility index (Phi) is 24.1. The summed E-state index contributed by atoms with van der Waals surface area (Å²) in [6.07, 6.45) is -79.8. The summed E-state index contributed by atoms with van der Waals surface area (Å²) in [6, 6.07) is 0. The first kappa shape index (κ1) is 70.7. The molecule has 0 amide bonds. The van der Waals surface area contributed by atoms with Gasteiger partial charge in [-0.3, -0.25) is 0 Å². The molecule has 40 heteroatoms. The van der Waals surface area contributed by atoms with Crippen LogP contribution >= 0.6 is 0 Å². The smallest absolute Gasteiger partial charge is 0.187 e. The van der Waals surface area contributed by atoms with Gasteiger partial charge in [0.15, 0.2) is 50.3 Å². The Bertz CT molecular complexity index is 1720. The second-order valence-electron chi connectivity index (χ2n) is 22.6. The lowest BCUT2D eigenvalue weighted by Crippen LogP contribution is -2.69. The quantitative estimate of drug-likeness (QED) is 0.107. The Morgan fingerprint density at radius 3 is 0.398 bits per heavy atom. The number of hydrogen-bond acceptors (Lipinski definition) is 40. The predicted molar refractivity (Wildman–Crippen MR) is 265 cm³/mol. The third kappa shape index (κ3) is 13.8. The second kappa shape index (κ2) is 30.0. The Labute approximate surface area is 497 Å². The fourth-order valence-electron chi connectivity index (χ4n) is 12.0. The topological polar surface area (TPSA) is 645 Å². The van der Waals surface area contributed by atoms with Crippen LogP contribution in [0.2, 0.25) is 0 Å². The van der Waals surface area contributed by atoms with Crippen molar-refractivity contribution in [2.45, 2.75) is 246 Å². The van der Waals surface area contributed by atoms with Crippen LogP contribution in [0.4, 0.5) is 0 Å². The molecular weight excluding hydrogens is 1210 g/mol. The van der Waals surface area contributed by atoms with Crippen LogP contribution in [-0.4, -0.2) is 411 Å². The number of hydrogen-bond donors (Lipinski definition) is 24. The van der Waals surface area contributed by atoms with E-state index in [1.807, 2.05) is 0 Å². The average molecular weight is 1300 g/mol. The molecule has 0 radical (unpaired) electrons. The molecule has 40 nitrogen and oxygen atoms in total. The van der Waals surface area contributed by atoms with E-state index in [-0.39, 0.29) is 0 Å². The maximum atomic E-state index is 11.5. The van der Waals surface area contributed by atoms with E-state index in [9.17, 15) is 112 Å². The van der Waals surface area contributed by atoms with Crippen LogP contribution in [0.1, 0.15) is 0 Å². The molecular formula is C48H82N2O38. The molecule has 40 atom stereocenters. The van der Waals surface area contributed by atoms with Crippen LogP contribution in [0, 0.1) is 0 Å². The Hall–Kier alpha value is -1.60. The SMILES string of the molecule is NC[C@H]1O[C@@H]2O[C@H]3[C@H](O)[C@@H](O)[C@@H](O[C@H]4[C@H](O)[C@@H](O)[C@@H](O[C@H]5[C@H](O)[C@@H](O)[C@@H](O[C@H]6[C@H](O)[C@@H](O)[C@@H](O[C@H]7[C@H](O)[C@@H](O)[C@@H](O[C@H]8[C@H](O)[C@@H](O)[C@@H](O[C@H]9[C@H](O)[C@@H](O)[C@@H](O[C@H]1[C@H](O)[C@H]2O)O[C@@H]9CO)O[C@@H]8CN)O[C@@H]7CO)O[C@@H]6CO)O[C@@H]5CO)O[C@@H]4CO)O[C@@H]3CO. The molecule has 512 valence electrons. The maximum Gasteiger partial charge on any atom is 0.187 e. The van der Waals surface area contributed by atoms with Gasteiger partial charge >= 0.3 is 0 Å². The van der Waals surface area contributed by atoms with Crippen molar-refractivity contribution >= 4 is 0 Å². The van der Waals surface area contributed by atoms with Gasteiger partial charge in [-0.1, -0.05) is 0 Å². The van der Waals surface area contributed by atoms with Gasteiger partial charge in [0.25, 0.3) is 0 Å². The number of ether oxygens (including phenoxy) is 16. The molecule has 88 heavy (non-hydrogen) atoms. The summed E-state index contributed by atoms with van der Waals surface area (Å²) in [7, 11) is 0. The summed E-state index contributed by atoms with van der Waals surface area (Å²) < 4.78 is 91.9. The minimum Gasteiger partial charge on any atom is -0.394 e. The monoisotopic (exact) mass is 1290 g/mol. The van der Waals surface area contributed by atoms with Crippen LogP contribution in [-0.2, 0) is 75.8 Å². The number of aliphatic hydroxyl groups is 22. The molecule has 0 spiro atoms. The first-order chi connectivity index (χ1) is 41.9. The molecule has 0 unspecified atom stereocenters. The lowest BCUT2D eigenvalue weighted by Gasteiger charge is -2.50. The lowest BCUT2D eigenvalue weighted by atomic mass is 9.94. The highest BCUT2D eigenvalue weighted by atomic mass is 16.8. The average Bonchev–Trinajstić information content (AvgIpc) is 1.09. The second-order valence-corrected chi connectivity index (χ2v) is 22.6. The highest BCUT2D eigenvalue weighted by Gasteiger charge is 2.60. The van der Waals surface area contributed by atoms with Crippen LogP contribution < -0.4 is 11.5 Å². The molecule has 30 heterocycles. The van der Waals surface area contributed by atoms with Crippen LogP contribution in [0.5, 0.6) is 0 Å². The summed E-state index contributed by atoms with van der Waals surface area (Å²) >= 11 is 0. The van der Waals surface area contributed by atoms with Crippen molar-refractivity contribution in [2.75, 3.05) is 52.7 Å². The van der Waals surface area contributed by atoms with Crippen molar-refractivity contribution in [3.63, 3.8) is 0 Å². The van der Waals surface area contributed by atoms with E-state index in [1.165, 1.54) is 0 Å². The van der Waals surface area contributed by atoms with E-state index in [0.717, 1.165) is 0 Å². The number of aliphatic hydroxyl groups excluding tert-OH is 22. The molecule has 30 saturated heterocycles. The van der Waals surface area contributed by atoms with E-state index < -0.39 is 298 Å². The summed E-state index contributed by atoms with van der Waals surface area (Å²) in [5.74, 6) is 0. The molecule has 0 aromatic heterocycles. The van der Waals surface area contributed by atoms with Gasteiger partial charge in [-0.2, -0.15) is 0 Å². The van der Waals surface area contributed by atoms with Gasteiger partial charge in [-0.15, -0.1) is 0 Å². The van der Waals surface area contributed by atoms with Gasteiger partial charge in [0.05, 0.1) is 39.6 Å². The highest BCUT2D eigenvalue weighted by Crippen LogP contribution is 2.39. The first-order valence-corrected chi connectivity index (χ1v) is 28.3. The third-order valence-electron chi connectivity index (χ3n) is 17.0. The molecule has 0 saturated carbocycles. The van der Waals surface area contributed by atoms with Crippen molar-refractivity contribution in [3.05, 3.63) is 0 Å². The molecule has 0 aromatic rings. The zero-order valence-corrected chi connectivity index (χ0v) is 46.3. The normalized spacial score (nSPS) is 55.4. The Balaban J connectivity index is 0.975. The van der Waals surface area contributed by atoms with Gasteiger partial charge < -0.3 is 200 Å². The van der Waals surface area contributed by atoms with E-state index in [4.69, 9.17) is 87.3 Å². The first-order valence-electron chi connectivity index (χ1n) is 28.3. The fourth-order valence-corrected chi connectivity index (χ4v) is 12.0. The van der Waals surface area contributed by atoms with E-state index >= 15 is 0 Å². The van der Waals surface area contributed by atoms with Crippen molar-refractivity contribution in [1.82, 2.24) is 0 Å². The van der Waals surface area contributed by atoms with Gasteiger partial charge in [-0.25, -0.2) is 0 Å². The molecule has 0 aliphatic carbocycles. The molecule has 0 aromatic carbocycles. The van der Waals surface area contributed by atoms with E-state index in [0.29, 0.717) is 0 Å². The van der Waals surface area contributed by atoms with Crippen LogP contribution in [0.15, 0.2) is 0 Å². The highest BCUT2D eigenvalue weighted by molar-refractivity contribution is 5.02. The molecule has 30 aliphatic heterocycles. The van der Waals surface area contributed by atoms with Crippen molar-refractivity contribution in [3.8, 4) is 0 Å². The zero-order chi connectivity index (χ0) is 64.1. The largest absolute Gasteiger partial charge is 0.394 e. The standard InChI is InChI=1S/C48H82N2O38/c49-1-9-33-18(58)26(66)42(74-9)84-36-12(4-52)77-45(29(69)21(36)61)86-38-14(6-54)79-47(31(71)23(38)63)88-40-16(8-56)80-48(32(72)24(40)64)87-39-15(7-55)78-46(30(70)22(39)62)85-37-13(5-53)76-44(28(68)20(37)60)82-34-10(2-50)73-41(25(65)17(34)57)83-35-11(3-51)75-43(81-33)27(67)19(35)59/h9-48,51-72H,1-8,49-50H2/t9-,10-,11-,12-,13-,14-,15-,16-,17-,18-,19-,20-,21-,22-,23-,24-,25-,26-,27-,28-,29-,30-,31-,32-,33-,34-,35-,36-,37-,38-,39-,40-,41-,42-,43-,44-,45-,46-,47-,48-/m1/s1. The minimum atomic E-state index is -2.24. The number of nitrogens with two attached hydrogens (primary N) is 2. The van der Waals surface area contributed by atoms with E-state index in [2.05, 4.69) is 0 Å². The fraction of sp³-hybridized carbons (Fsp3) is 1.00. The van der Waals surface area contributed by atoms with Crippen molar-refractivity contribution < 1.29 is 188 Å². The minimum absolute atomic E-state index is 0.570. The summed E-state index contributed by atoms with van der Waals surface area (Å²) in [6.45, 7) is -7.47. The summed E-state index contributed by atoms with van der Waals surface area (Å²) in [5.41, 5.74) is 11.9. The Morgan fingerprint density at radius 1 is 0.170 bits per heavy atom. The van der Waals surface area contributed by atoms with Crippen molar-refractivity contribution in [1.29, 1.82) is 0 Å². The van der Waals surface area contributed by atoms with E-state index in [1.54, 1.807) is 0 Å². The van der Waals surface area contributed by atoms with Crippen LogP contribution in [0.3, 0.4) is 0 Å². The lowest BCUT2D eigenvalue weighted by molar-refractivity contribution is -0.402. The molecule has 26 N–H and O–H groups in total. The molecule has 16 bridgehead atoms. The summed E-state index contributed by atoms with van der Waals surface area (Å²) in [5, 5.41) is 245. The molecule has 30 rings (SSSR count). The summed E-state index contributed by atoms with van der Waals surface area (Å²) in [4.78, 5) is 0. The van der Waals surface area contributed by atoms with Crippen molar-refractivity contribution in [2.24, 2.45) is 11.5 Å². The van der Waals surface area contributed by atoms with Crippen LogP contribution in [0.25, 0.3) is 0 Å². The van der Waals surface area contributed by atoms with Gasteiger partial charge in [-0.05, 0) is 0 Å². The predicted octanol–water partition coefficient (Wildman–Crippen LogP) is -17.5. The molecule has 30 fully saturated rings. The Morgan fingerprint density at radius 2 is 0.284 bits per heavy atom.